The smallest absolute Gasteiger partial charge is 0.162 e. The molecule has 7 nitrogen and oxygen atoms in total. The number of aromatic amines is 1. The molecule has 0 bridgehead atoms. The Morgan fingerprint density at radius 1 is 1.10 bits per heavy atom. The molecule has 142 valence electrons. The monoisotopic (exact) mass is 401 g/mol. The molecule has 29 heavy (non-hydrogen) atoms. The number of pyridine rings is 2. The van der Waals surface area contributed by atoms with Crippen molar-refractivity contribution < 1.29 is 0 Å². The normalized spacial score (nSPS) is 12.3. The van der Waals surface area contributed by atoms with Gasteiger partial charge in [0, 0.05) is 23.3 Å². The number of anilines is 1. The van der Waals surface area contributed by atoms with Gasteiger partial charge in [-0.1, -0.05) is 23.7 Å². The van der Waals surface area contributed by atoms with E-state index in [0.29, 0.717) is 22.0 Å². The molecule has 0 aliphatic carbocycles. The molecule has 2 N–H and O–H groups in total. The predicted octanol–water partition coefficient (Wildman–Crippen LogP) is 4.79. The van der Waals surface area contributed by atoms with Crippen molar-refractivity contribution in [3.8, 4) is 11.3 Å². The molecule has 0 saturated heterocycles. The largest absolute Gasteiger partial charge is 0.360 e. The quantitative estimate of drug-likeness (QED) is 0.449. The molecular weight excluding hydrogens is 386 g/mol. The van der Waals surface area contributed by atoms with E-state index in [1.807, 2.05) is 43.3 Å². The summed E-state index contributed by atoms with van der Waals surface area (Å²) >= 11 is 6.52. The Kier molecular flexibility index (Phi) is 4.29. The molecule has 8 heteroatoms. The number of H-pyrrole nitrogens is 1. The molecule has 1 atom stereocenters. The average molecular weight is 402 g/mol. The number of hydrogen-bond donors (Lipinski definition) is 2. The van der Waals surface area contributed by atoms with Crippen LogP contribution in [-0.4, -0.2) is 29.9 Å². The van der Waals surface area contributed by atoms with Crippen LogP contribution in [0, 0.1) is 0 Å². The fourth-order valence-electron chi connectivity index (χ4n) is 3.37. The summed E-state index contributed by atoms with van der Waals surface area (Å²) in [5.74, 6) is 0.652. The molecule has 0 spiro atoms. The van der Waals surface area contributed by atoms with Gasteiger partial charge >= 0.3 is 0 Å². The average Bonchev–Trinajstić information content (AvgIpc) is 3.24. The van der Waals surface area contributed by atoms with E-state index in [1.165, 1.54) is 6.33 Å². The number of benzene rings is 1. The van der Waals surface area contributed by atoms with E-state index in [1.54, 1.807) is 18.7 Å². The van der Waals surface area contributed by atoms with Crippen LogP contribution in [0.4, 0.5) is 5.82 Å². The summed E-state index contributed by atoms with van der Waals surface area (Å²) < 4.78 is 0. The highest BCUT2D eigenvalue weighted by Gasteiger charge is 2.17. The minimum atomic E-state index is -0.122. The molecule has 5 aromatic rings. The first-order valence-electron chi connectivity index (χ1n) is 9.11. The minimum Gasteiger partial charge on any atom is -0.360 e. The summed E-state index contributed by atoms with van der Waals surface area (Å²) in [6.07, 6.45) is 6.65. The van der Waals surface area contributed by atoms with E-state index in [-0.39, 0.29) is 6.04 Å². The van der Waals surface area contributed by atoms with Crippen LogP contribution in [0.1, 0.15) is 18.7 Å². The van der Waals surface area contributed by atoms with E-state index >= 15 is 0 Å². The number of fused-ring (bicyclic) bond motifs is 2. The molecule has 0 aliphatic rings. The van der Waals surface area contributed by atoms with Crippen LogP contribution in [0.5, 0.6) is 0 Å². The predicted molar refractivity (Wildman–Crippen MR) is 114 cm³/mol. The Labute approximate surface area is 171 Å². The lowest BCUT2D eigenvalue weighted by Gasteiger charge is -2.17. The zero-order valence-corrected chi connectivity index (χ0v) is 16.2. The Balaban J connectivity index is 1.62. The number of halogens is 1. The number of imidazole rings is 1. The van der Waals surface area contributed by atoms with Crippen molar-refractivity contribution in [2.45, 2.75) is 13.0 Å². The lowest BCUT2D eigenvalue weighted by atomic mass is 10.0. The number of nitrogens with one attached hydrogen (secondary N) is 2. The maximum absolute atomic E-state index is 6.52. The van der Waals surface area contributed by atoms with Gasteiger partial charge in [-0.2, -0.15) is 0 Å². The van der Waals surface area contributed by atoms with Gasteiger partial charge < -0.3 is 10.3 Å². The van der Waals surface area contributed by atoms with Crippen molar-refractivity contribution in [3.63, 3.8) is 0 Å². The summed E-state index contributed by atoms with van der Waals surface area (Å²) in [6, 6.07) is 11.7. The zero-order chi connectivity index (χ0) is 19.8. The maximum Gasteiger partial charge on any atom is 0.162 e. The van der Waals surface area contributed by atoms with Crippen molar-refractivity contribution in [1.29, 1.82) is 0 Å². The molecule has 4 heterocycles. The van der Waals surface area contributed by atoms with Gasteiger partial charge in [0.25, 0.3) is 0 Å². The third-order valence-corrected chi connectivity index (χ3v) is 5.09. The second-order valence-electron chi connectivity index (χ2n) is 6.66. The number of nitrogens with zero attached hydrogens (tertiary/aromatic N) is 5. The van der Waals surface area contributed by atoms with Crippen molar-refractivity contribution >= 4 is 39.4 Å². The summed E-state index contributed by atoms with van der Waals surface area (Å²) in [4.78, 5) is 25.0. The van der Waals surface area contributed by atoms with E-state index in [0.717, 1.165) is 27.7 Å². The summed E-state index contributed by atoms with van der Waals surface area (Å²) in [6.45, 7) is 2.03. The fraction of sp³-hybridized carbons (Fsp3) is 0.0952. The molecule has 5 rings (SSSR count). The van der Waals surface area contributed by atoms with Crippen LogP contribution in [0.15, 0.2) is 61.4 Å². The minimum absolute atomic E-state index is 0.122. The first-order chi connectivity index (χ1) is 14.2. The van der Waals surface area contributed by atoms with Gasteiger partial charge in [0.1, 0.15) is 11.8 Å². The molecule has 0 radical (unpaired) electrons. The van der Waals surface area contributed by atoms with E-state index < -0.39 is 0 Å². The fourth-order valence-corrected chi connectivity index (χ4v) is 3.64. The van der Waals surface area contributed by atoms with Crippen LogP contribution in [-0.2, 0) is 0 Å². The van der Waals surface area contributed by atoms with Crippen LogP contribution >= 0.6 is 11.6 Å². The van der Waals surface area contributed by atoms with E-state index in [2.05, 4.69) is 30.2 Å². The highest BCUT2D eigenvalue weighted by molar-refractivity contribution is 6.36. The highest BCUT2D eigenvalue weighted by Crippen LogP contribution is 2.34. The van der Waals surface area contributed by atoms with Crippen molar-refractivity contribution in [2.24, 2.45) is 0 Å². The van der Waals surface area contributed by atoms with E-state index in [4.69, 9.17) is 16.6 Å². The van der Waals surface area contributed by atoms with Crippen molar-refractivity contribution in [2.75, 3.05) is 5.32 Å². The number of rotatable bonds is 4. The third kappa shape index (κ3) is 3.15. The Morgan fingerprint density at radius 2 is 2.03 bits per heavy atom. The van der Waals surface area contributed by atoms with Gasteiger partial charge in [-0.05, 0) is 36.6 Å². The Bertz CT molecular complexity index is 1320. The van der Waals surface area contributed by atoms with Gasteiger partial charge in [0.15, 0.2) is 11.5 Å². The lowest BCUT2D eigenvalue weighted by Crippen LogP contribution is -2.11. The lowest BCUT2D eigenvalue weighted by molar-refractivity contribution is 0.837. The van der Waals surface area contributed by atoms with Crippen LogP contribution in [0.25, 0.3) is 33.2 Å². The van der Waals surface area contributed by atoms with Gasteiger partial charge in [-0.25, -0.2) is 19.9 Å². The summed E-state index contributed by atoms with van der Waals surface area (Å²) in [5.41, 5.74) is 3.95. The first kappa shape index (κ1) is 17.5. The van der Waals surface area contributed by atoms with Crippen LogP contribution < -0.4 is 5.32 Å². The van der Waals surface area contributed by atoms with Crippen molar-refractivity contribution in [3.05, 3.63) is 72.2 Å². The molecule has 0 saturated carbocycles. The highest BCUT2D eigenvalue weighted by atomic mass is 35.5. The second kappa shape index (κ2) is 7.10. The summed E-state index contributed by atoms with van der Waals surface area (Å²) in [5, 5.41) is 5.99. The topological polar surface area (TPSA) is 92.3 Å². The number of hydrogen-bond acceptors (Lipinski definition) is 6. The zero-order valence-electron chi connectivity index (χ0n) is 15.5. The Hall–Kier alpha value is -3.58. The molecule has 0 amide bonds. The SMILES string of the molecule is C[C@H](Nc1ncnc2[nH]cnc12)c1cc2cccc(Cl)c2c(-c2cccnc2)n1. The maximum atomic E-state index is 6.52. The van der Waals surface area contributed by atoms with E-state index in [9.17, 15) is 0 Å². The second-order valence-corrected chi connectivity index (χ2v) is 7.07. The first-order valence-corrected chi connectivity index (χ1v) is 9.48. The van der Waals surface area contributed by atoms with Gasteiger partial charge in [-0.15, -0.1) is 0 Å². The molecule has 1 aromatic carbocycles. The molecule has 0 aliphatic heterocycles. The molecule has 0 fully saturated rings. The van der Waals surface area contributed by atoms with Gasteiger partial charge in [0.05, 0.1) is 28.8 Å². The molecule has 0 unspecified atom stereocenters. The van der Waals surface area contributed by atoms with Crippen LogP contribution in [0.3, 0.4) is 0 Å². The Morgan fingerprint density at radius 3 is 2.90 bits per heavy atom. The summed E-state index contributed by atoms with van der Waals surface area (Å²) in [7, 11) is 0. The van der Waals surface area contributed by atoms with Crippen LogP contribution in [0.2, 0.25) is 5.02 Å². The van der Waals surface area contributed by atoms with Gasteiger partial charge in [0.2, 0.25) is 0 Å². The third-order valence-electron chi connectivity index (χ3n) is 4.78. The molecular formula is C21H16ClN7. The van der Waals surface area contributed by atoms with Gasteiger partial charge in [-0.3, -0.25) is 4.98 Å². The van der Waals surface area contributed by atoms with Crippen molar-refractivity contribution in [1.82, 2.24) is 29.9 Å². The number of aromatic nitrogens is 6. The standard InChI is InChI=1S/C21H16ClN7/c1-12(28-21-19-20(25-10-24-19)26-11-27-21)16-8-13-4-2-6-15(22)17(13)18(29-16)14-5-3-7-23-9-14/h2-12H,1H3,(H2,24,25,26,27,28)/t12-/m0/s1. The molecule has 4 aromatic heterocycles.